The van der Waals surface area contributed by atoms with Gasteiger partial charge in [-0.3, -0.25) is 0 Å². The fourth-order valence-electron chi connectivity index (χ4n) is 2.30. The van der Waals surface area contributed by atoms with Gasteiger partial charge in [-0.15, -0.1) is 10.2 Å². The van der Waals surface area contributed by atoms with Gasteiger partial charge in [-0.1, -0.05) is 41.7 Å². The molecule has 11 heteroatoms. The van der Waals surface area contributed by atoms with E-state index in [0.717, 1.165) is 27.6 Å². The van der Waals surface area contributed by atoms with Crippen LogP contribution < -0.4 is 10.0 Å². The minimum atomic E-state index is -3.62. The largest absolute Gasteiger partial charge is 0.395 e. The molecular weight excluding hydrogens is 406 g/mol. The van der Waals surface area contributed by atoms with E-state index >= 15 is 0 Å². The van der Waals surface area contributed by atoms with Gasteiger partial charge in [0.15, 0.2) is 5.13 Å². The van der Waals surface area contributed by atoms with Crippen molar-refractivity contribution in [3.63, 3.8) is 0 Å². The van der Waals surface area contributed by atoms with Crippen LogP contribution in [-0.4, -0.2) is 41.9 Å². The van der Waals surface area contributed by atoms with Crippen LogP contribution >= 0.6 is 22.7 Å². The normalized spacial score (nSPS) is 11.7. The van der Waals surface area contributed by atoms with Crippen LogP contribution in [0.5, 0.6) is 0 Å². The van der Waals surface area contributed by atoms with Gasteiger partial charge >= 0.3 is 0 Å². The molecule has 2 heterocycles. The minimum Gasteiger partial charge on any atom is -0.395 e. The lowest BCUT2D eigenvalue weighted by Gasteiger charge is -2.06. The average Bonchev–Trinajstić information content (AvgIpc) is 3.26. The standard InChI is InChI=1S/C16H19N5O3S3/c1-3-13-20-21-16(25-13)19-15-18-10(2)14(26-15)11-4-6-12(7-5-11)27(23,24)17-8-9-22/h4-7,17,22H,3,8-9H2,1-2H3,(H,18,19,21). The molecule has 1 aromatic carbocycles. The van der Waals surface area contributed by atoms with E-state index in [-0.39, 0.29) is 18.0 Å². The predicted molar refractivity (Wildman–Crippen MR) is 107 cm³/mol. The van der Waals surface area contributed by atoms with Gasteiger partial charge in [-0.05, 0) is 31.0 Å². The second-order valence-corrected chi connectivity index (χ2v) is 9.39. The van der Waals surface area contributed by atoms with E-state index in [1.54, 1.807) is 24.3 Å². The van der Waals surface area contributed by atoms with Crippen molar-refractivity contribution >= 4 is 43.0 Å². The van der Waals surface area contributed by atoms with Crippen LogP contribution in [0.1, 0.15) is 17.6 Å². The third kappa shape index (κ3) is 4.68. The molecule has 0 amide bonds. The van der Waals surface area contributed by atoms with Gasteiger partial charge in [-0.25, -0.2) is 18.1 Å². The van der Waals surface area contributed by atoms with E-state index in [2.05, 4.69) is 25.2 Å². The van der Waals surface area contributed by atoms with E-state index in [1.165, 1.54) is 22.7 Å². The molecule has 0 unspecified atom stereocenters. The number of aliphatic hydroxyl groups is 1. The van der Waals surface area contributed by atoms with Crippen LogP contribution in [0, 0.1) is 6.92 Å². The van der Waals surface area contributed by atoms with Gasteiger partial charge < -0.3 is 10.4 Å². The second kappa shape index (κ2) is 8.40. The van der Waals surface area contributed by atoms with E-state index in [9.17, 15) is 8.42 Å². The number of hydrogen-bond donors (Lipinski definition) is 3. The third-order valence-corrected chi connectivity index (χ3v) is 7.19. The highest BCUT2D eigenvalue weighted by Gasteiger charge is 2.15. The average molecular weight is 426 g/mol. The number of nitrogens with zero attached hydrogens (tertiary/aromatic N) is 3. The van der Waals surface area contributed by atoms with Gasteiger partial charge in [0.25, 0.3) is 0 Å². The van der Waals surface area contributed by atoms with Gasteiger partial charge in [0.05, 0.1) is 22.1 Å². The van der Waals surface area contributed by atoms with Crippen molar-refractivity contribution < 1.29 is 13.5 Å². The van der Waals surface area contributed by atoms with Crippen LogP contribution in [0.3, 0.4) is 0 Å². The molecule has 8 nitrogen and oxygen atoms in total. The van der Waals surface area contributed by atoms with Crippen molar-refractivity contribution in [3.8, 4) is 10.4 Å². The lowest BCUT2D eigenvalue weighted by Crippen LogP contribution is -2.26. The molecule has 3 aromatic rings. The molecular formula is C16H19N5O3S3. The van der Waals surface area contributed by atoms with Gasteiger partial charge in [0.1, 0.15) is 5.01 Å². The van der Waals surface area contributed by atoms with Crippen LogP contribution in [-0.2, 0) is 16.4 Å². The number of nitrogens with one attached hydrogen (secondary N) is 2. The van der Waals surface area contributed by atoms with Crippen molar-refractivity contribution in [2.45, 2.75) is 25.2 Å². The zero-order valence-corrected chi connectivity index (χ0v) is 17.2. The lowest BCUT2D eigenvalue weighted by atomic mass is 10.2. The maximum absolute atomic E-state index is 12.1. The molecule has 0 atom stereocenters. The first-order valence-corrected chi connectivity index (χ1v) is 11.3. The molecule has 3 rings (SSSR count). The molecule has 0 fully saturated rings. The first-order chi connectivity index (χ1) is 12.9. The maximum atomic E-state index is 12.1. The summed E-state index contributed by atoms with van der Waals surface area (Å²) in [4.78, 5) is 5.62. The monoisotopic (exact) mass is 425 g/mol. The Hall–Kier alpha value is -1.92. The number of sulfonamides is 1. The first kappa shape index (κ1) is 19.8. The first-order valence-electron chi connectivity index (χ1n) is 8.20. The summed E-state index contributed by atoms with van der Waals surface area (Å²) in [6.45, 7) is 3.67. The summed E-state index contributed by atoms with van der Waals surface area (Å²) in [7, 11) is -3.62. The molecule has 2 aromatic heterocycles. The molecule has 3 N–H and O–H groups in total. The van der Waals surface area contributed by atoms with Crippen LogP contribution in [0.4, 0.5) is 10.3 Å². The molecule has 144 valence electrons. The van der Waals surface area contributed by atoms with Crippen molar-refractivity contribution in [1.82, 2.24) is 19.9 Å². The number of aliphatic hydroxyl groups excluding tert-OH is 1. The highest BCUT2D eigenvalue weighted by atomic mass is 32.2. The third-order valence-electron chi connectivity index (χ3n) is 3.61. The SMILES string of the molecule is CCc1nnc(Nc2nc(C)c(-c3ccc(S(=O)(=O)NCCO)cc3)s2)s1. The fraction of sp³-hybridized carbons (Fsp3) is 0.312. The van der Waals surface area contributed by atoms with Crippen molar-refractivity contribution in [2.24, 2.45) is 0 Å². The van der Waals surface area contributed by atoms with Gasteiger partial charge in [0, 0.05) is 6.54 Å². The molecule has 0 aliphatic rings. The molecule has 0 radical (unpaired) electrons. The number of thiazole rings is 1. The number of benzene rings is 1. The number of anilines is 2. The molecule has 0 saturated carbocycles. The Kier molecular flexibility index (Phi) is 6.17. The molecule has 0 aliphatic heterocycles. The number of aromatic nitrogens is 3. The smallest absolute Gasteiger partial charge is 0.240 e. The Morgan fingerprint density at radius 2 is 1.85 bits per heavy atom. The number of rotatable bonds is 8. The summed E-state index contributed by atoms with van der Waals surface area (Å²) in [5, 5.41) is 22.5. The van der Waals surface area contributed by atoms with E-state index in [4.69, 9.17) is 5.11 Å². The second-order valence-electron chi connectivity index (χ2n) is 5.56. The van der Waals surface area contributed by atoms with Crippen molar-refractivity contribution in [2.75, 3.05) is 18.5 Å². The molecule has 27 heavy (non-hydrogen) atoms. The van der Waals surface area contributed by atoms with E-state index in [0.29, 0.717) is 10.3 Å². The van der Waals surface area contributed by atoms with Crippen LogP contribution in [0.2, 0.25) is 0 Å². The van der Waals surface area contributed by atoms with Gasteiger partial charge in [0.2, 0.25) is 15.2 Å². The molecule has 0 saturated heterocycles. The lowest BCUT2D eigenvalue weighted by molar-refractivity contribution is 0.301. The summed E-state index contributed by atoms with van der Waals surface area (Å²) in [6, 6.07) is 6.58. The molecule has 0 aliphatic carbocycles. The quantitative estimate of drug-likeness (QED) is 0.508. The Balaban J connectivity index is 1.79. The highest BCUT2D eigenvalue weighted by molar-refractivity contribution is 7.89. The Bertz CT molecular complexity index is 1010. The predicted octanol–water partition coefficient (Wildman–Crippen LogP) is 2.55. The summed E-state index contributed by atoms with van der Waals surface area (Å²) < 4.78 is 26.5. The summed E-state index contributed by atoms with van der Waals surface area (Å²) >= 11 is 2.96. The zero-order valence-electron chi connectivity index (χ0n) is 14.8. The minimum absolute atomic E-state index is 0.0155. The Morgan fingerprint density at radius 3 is 2.48 bits per heavy atom. The number of aryl methyl sites for hydroxylation is 2. The highest BCUT2D eigenvalue weighted by Crippen LogP contribution is 2.35. The number of hydrogen-bond acceptors (Lipinski definition) is 9. The van der Waals surface area contributed by atoms with Crippen LogP contribution in [0.15, 0.2) is 29.2 Å². The topological polar surface area (TPSA) is 117 Å². The zero-order chi connectivity index (χ0) is 19.4. The maximum Gasteiger partial charge on any atom is 0.240 e. The summed E-state index contributed by atoms with van der Waals surface area (Å²) in [6.07, 6.45) is 0.837. The van der Waals surface area contributed by atoms with E-state index < -0.39 is 10.0 Å². The molecule has 0 spiro atoms. The summed E-state index contributed by atoms with van der Waals surface area (Å²) in [5.74, 6) is 0. The Labute approximate surface area is 165 Å². The van der Waals surface area contributed by atoms with Gasteiger partial charge in [-0.2, -0.15) is 0 Å². The molecule has 0 bridgehead atoms. The van der Waals surface area contributed by atoms with Crippen molar-refractivity contribution in [1.29, 1.82) is 0 Å². The van der Waals surface area contributed by atoms with E-state index in [1.807, 2.05) is 13.8 Å². The van der Waals surface area contributed by atoms with Crippen LogP contribution in [0.25, 0.3) is 10.4 Å². The summed E-state index contributed by atoms with van der Waals surface area (Å²) in [5.41, 5.74) is 1.72. The van der Waals surface area contributed by atoms with Crippen molar-refractivity contribution in [3.05, 3.63) is 35.0 Å². The Morgan fingerprint density at radius 1 is 1.11 bits per heavy atom. The fourth-order valence-corrected chi connectivity index (χ4v) is 5.04.